The van der Waals surface area contributed by atoms with Crippen LogP contribution in [-0.4, -0.2) is 62.2 Å². The van der Waals surface area contributed by atoms with E-state index in [2.05, 4.69) is 19.8 Å². The molecule has 2 aromatic rings. The molecule has 1 spiro atoms. The van der Waals surface area contributed by atoms with Crippen molar-refractivity contribution < 1.29 is 9.90 Å². The van der Waals surface area contributed by atoms with Crippen LogP contribution in [0.1, 0.15) is 44.9 Å². The fraction of sp³-hybridized carbons (Fsp3) is 0.565. The van der Waals surface area contributed by atoms with Crippen molar-refractivity contribution >= 4 is 11.9 Å². The number of aromatic nitrogens is 3. The van der Waals surface area contributed by atoms with Crippen LogP contribution in [0.2, 0.25) is 0 Å². The van der Waals surface area contributed by atoms with Gasteiger partial charge in [0.15, 0.2) is 0 Å². The minimum Gasteiger partial charge on any atom is -0.393 e. The molecule has 3 fully saturated rings. The van der Waals surface area contributed by atoms with Crippen molar-refractivity contribution in [1.82, 2.24) is 19.4 Å². The van der Waals surface area contributed by atoms with E-state index in [-0.39, 0.29) is 29.0 Å². The smallest absolute Gasteiger partial charge is 0.255 e. The fourth-order valence-electron chi connectivity index (χ4n) is 5.49. The molecule has 0 bridgehead atoms. The molecule has 0 radical (unpaired) electrons. The number of carbonyl (C=O) groups excluding carboxylic acids is 1. The number of piperidine rings is 1. The van der Waals surface area contributed by atoms with Gasteiger partial charge in [-0.1, -0.05) is 6.07 Å². The Bertz CT molecular complexity index is 999. The van der Waals surface area contributed by atoms with E-state index in [4.69, 9.17) is 0 Å². The van der Waals surface area contributed by atoms with Crippen molar-refractivity contribution in [3.63, 3.8) is 0 Å². The SMILES string of the molecule is O=C1N(C2CCC(O)CC2)CC[C@]12CCCN(c1ncc(-n3ccccc3=O)cn1)C2. The summed E-state index contributed by atoms with van der Waals surface area (Å²) in [6.45, 7) is 2.28. The molecular weight excluding hydrogens is 394 g/mol. The number of pyridine rings is 1. The van der Waals surface area contributed by atoms with Gasteiger partial charge in [0.2, 0.25) is 11.9 Å². The number of rotatable bonds is 3. The third kappa shape index (κ3) is 3.73. The minimum absolute atomic E-state index is 0.123. The predicted molar refractivity (Wildman–Crippen MR) is 116 cm³/mol. The highest BCUT2D eigenvalue weighted by Crippen LogP contribution is 2.43. The molecule has 2 aromatic heterocycles. The molecule has 2 aliphatic heterocycles. The number of anilines is 1. The van der Waals surface area contributed by atoms with Crippen LogP contribution in [-0.2, 0) is 4.79 Å². The first-order chi connectivity index (χ1) is 15.1. The molecule has 5 rings (SSSR count). The number of aliphatic hydroxyl groups excluding tert-OH is 1. The average molecular weight is 424 g/mol. The maximum atomic E-state index is 13.5. The summed E-state index contributed by atoms with van der Waals surface area (Å²) in [4.78, 5) is 38.7. The Hall–Kier alpha value is -2.74. The highest BCUT2D eigenvalue weighted by Gasteiger charge is 2.50. The second kappa shape index (κ2) is 8.07. The molecule has 0 aromatic carbocycles. The first kappa shape index (κ1) is 20.2. The van der Waals surface area contributed by atoms with Crippen molar-refractivity contribution in [3.8, 4) is 5.69 Å². The third-order valence-corrected chi connectivity index (χ3v) is 7.24. The van der Waals surface area contributed by atoms with Crippen molar-refractivity contribution in [2.45, 2.75) is 57.1 Å². The lowest BCUT2D eigenvalue weighted by Crippen LogP contribution is -2.50. The molecule has 1 atom stereocenters. The number of carbonyl (C=O) groups is 1. The summed E-state index contributed by atoms with van der Waals surface area (Å²) in [7, 11) is 0. The van der Waals surface area contributed by atoms with E-state index in [1.54, 1.807) is 30.7 Å². The van der Waals surface area contributed by atoms with E-state index < -0.39 is 0 Å². The lowest BCUT2D eigenvalue weighted by molar-refractivity contribution is -0.139. The van der Waals surface area contributed by atoms with Crippen LogP contribution < -0.4 is 10.5 Å². The van der Waals surface area contributed by atoms with Crippen LogP contribution in [0.3, 0.4) is 0 Å². The summed E-state index contributed by atoms with van der Waals surface area (Å²) >= 11 is 0. The topological polar surface area (TPSA) is 91.6 Å². The quantitative estimate of drug-likeness (QED) is 0.809. The molecule has 0 unspecified atom stereocenters. The highest BCUT2D eigenvalue weighted by molar-refractivity contribution is 5.86. The lowest BCUT2D eigenvalue weighted by Gasteiger charge is -2.40. The Kier molecular flexibility index (Phi) is 5.25. The summed E-state index contributed by atoms with van der Waals surface area (Å²) in [5, 5.41) is 9.80. The van der Waals surface area contributed by atoms with Crippen LogP contribution in [0.5, 0.6) is 0 Å². The Morgan fingerprint density at radius 3 is 2.52 bits per heavy atom. The van der Waals surface area contributed by atoms with Gasteiger partial charge >= 0.3 is 0 Å². The van der Waals surface area contributed by atoms with Crippen LogP contribution in [0.15, 0.2) is 41.6 Å². The van der Waals surface area contributed by atoms with Crippen molar-refractivity contribution in [2.24, 2.45) is 5.41 Å². The molecule has 164 valence electrons. The number of likely N-dealkylation sites (tertiary alicyclic amines) is 1. The summed E-state index contributed by atoms with van der Waals surface area (Å²) in [6, 6.07) is 5.28. The van der Waals surface area contributed by atoms with Gasteiger partial charge in [0.25, 0.3) is 5.56 Å². The van der Waals surface area contributed by atoms with E-state index in [1.807, 2.05) is 0 Å². The van der Waals surface area contributed by atoms with Gasteiger partial charge in [-0.05, 0) is 51.0 Å². The van der Waals surface area contributed by atoms with Crippen molar-refractivity contribution in [2.75, 3.05) is 24.5 Å². The number of hydrogen-bond donors (Lipinski definition) is 1. The molecule has 1 aliphatic carbocycles. The second-order valence-corrected chi connectivity index (χ2v) is 9.17. The number of aliphatic hydroxyl groups is 1. The van der Waals surface area contributed by atoms with Crippen LogP contribution >= 0.6 is 0 Å². The zero-order chi connectivity index (χ0) is 21.4. The van der Waals surface area contributed by atoms with Gasteiger partial charge < -0.3 is 14.9 Å². The summed E-state index contributed by atoms with van der Waals surface area (Å²) in [5.41, 5.74) is 0.151. The first-order valence-corrected chi connectivity index (χ1v) is 11.3. The van der Waals surface area contributed by atoms with Gasteiger partial charge in [-0.3, -0.25) is 14.2 Å². The molecule has 2 saturated heterocycles. The van der Waals surface area contributed by atoms with Gasteiger partial charge in [-0.25, -0.2) is 9.97 Å². The monoisotopic (exact) mass is 423 g/mol. The van der Waals surface area contributed by atoms with E-state index in [1.165, 1.54) is 10.6 Å². The van der Waals surface area contributed by atoms with Gasteiger partial charge in [0.05, 0.1) is 29.6 Å². The molecule has 1 N–H and O–H groups in total. The standard InChI is InChI=1S/C23H29N5O3/c29-19-7-5-17(6-8-19)28-13-10-23(21(28)31)9-3-11-26(16-23)22-24-14-18(15-25-22)27-12-2-1-4-20(27)30/h1-2,4,12,14-15,17,19,29H,3,5-11,13,16H2/t17?,19?,23-/m0/s1. The zero-order valence-electron chi connectivity index (χ0n) is 17.7. The van der Waals surface area contributed by atoms with Crippen LogP contribution in [0.25, 0.3) is 5.69 Å². The number of amides is 1. The minimum atomic E-state index is -0.354. The maximum Gasteiger partial charge on any atom is 0.255 e. The highest BCUT2D eigenvalue weighted by atomic mass is 16.3. The van der Waals surface area contributed by atoms with Crippen LogP contribution in [0, 0.1) is 5.41 Å². The summed E-state index contributed by atoms with van der Waals surface area (Å²) in [6.07, 6.45) is 10.9. The summed E-state index contributed by atoms with van der Waals surface area (Å²) in [5.74, 6) is 0.880. The first-order valence-electron chi connectivity index (χ1n) is 11.3. The maximum absolute atomic E-state index is 13.5. The van der Waals surface area contributed by atoms with E-state index in [0.717, 1.165) is 58.0 Å². The number of nitrogens with zero attached hydrogens (tertiary/aromatic N) is 5. The van der Waals surface area contributed by atoms with Crippen molar-refractivity contribution in [3.05, 3.63) is 47.1 Å². The Balaban J connectivity index is 1.31. The van der Waals surface area contributed by atoms with E-state index in [9.17, 15) is 14.7 Å². The Morgan fingerprint density at radius 2 is 1.77 bits per heavy atom. The molecule has 3 aliphatic rings. The van der Waals surface area contributed by atoms with E-state index in [0.29, 0.717) is 18.2 Å². The normalized spacial score (nSPS) is 29.0. The molecule has 1 amide bonds. The van der Waals surface area contributed by atoms with Crippen molar-refractivity contribution in [1.29, 1.82) is 0 Å². The van der Waals surface area contributed by atoms with Gasteiger partial charge in [0.1, 0.15) is 0 Å². The third-order valence-electron chi connectivity index (χ3n) is 7.24. The average Bonchev–Trinajstić information content (AvgIpc) is 3.10. The van der Waals surface area contributed by atoms with Gasteiger partial charge in [0, 0.05) is 37.9 Å². The molecular formula is C23H29N5O3. The second-order valence-electron chi connectivity index (χ2n) is 9.17. The predicted octanol–water partition coefficient (Wildman–Crippen LogP) is 1.75. The Morgan fingerprint density at radius 1 is 1.00 bits per heavy atom. The lowest BCUT2D eigenvalue weighted by atomic mass is 9.78. The fourth-order valence-corrected chi connectivity index (χ4v) is 5.49. The molecule has 8 nitrogen and oxygen atoms in total. The van der Waals surface area contributed by atoms with Gasteiger partial charge in [-0.15, -0.1) is 0 Å². The largest absolute Gasteiger partial charge is 0.393 e. The molecule has 1 saturated carbocycles. The molecule has 31 heavy (non-hydrogen) atoms. The van der Waals surface area contributed by atoms with E-state index >= 15 is 0 Å². The molecule has 8 heteroatoms. The van der Waals surface area contributed by atoms with Gasteiger partial charge in [-0.2, -0.15) is 0 Å². The zero-order valence-corrected chi connectivity index (χ0v) is 17.7. The Labute approximate surface area is 181 Å². The number of hydrogen-bond acceptors (Lipinski definition) is 6. The summed E-state index contributed by atoms with van der Waals surface area (Å²) < 4.78 is 1.51. The van der Waals surface area contributed by atoms with Crippen LogP contribution in [0.4, 0.5) is 5.95 Å². The molecule has 4 heterocycles.